The first-order chi connectivity index (χ1) is 8.63. The van der Waals surface area contributed by atoms with Gasteiger partial charge in [0.15, 0.2) is 0 Å². The molecule has 0 aliphatic rings. The second-order valence-corrected chi connectivity index (χ2v) is 4.20. The molecule has 0 amide bonds. The van der Waals surface area contributed by atoms with E-state index in [0.717, 1.165) is 16.7 Å². The molecule has 0 aliphatic carbocycles. The van der Waals surface area contributed by atoms with Crippen LogP contribution in [-0.4, -0.2) is 11.7 Å². The first-order valence-corrected chi connectivity index (χ1v) is 5.77. The predicted molar refractivity (Wildman–Crippen MR) is 75.9 cm³/mol. The molecular weight excluding hydrogens is 226 g/mol. The number of nitrogen functional groups attached to an aromatic ring is 3. The highest BCUT2D eigenvalue weighted by atomic mass is 16.2. The van der Waals surface area contributed by atoms with Crippen LogP contribution in [0.15, 0.2) is 36.4 Å². The molecule has 2 aromatic rings. The minimum absolute atomic E-state index is 0.0743. The fourth-order valence-electron chi connectivity index (χ4n) is 2.01. The van der Waals surface area contributed by atoms with Crippen LogP contribution in [0, 0.1) is 0 Å². The third-order valence-electron chi connectivity index (χ3n) is 2.94. The molecule has 0 unspecified atom stereocenters. The van der Waals surface area contributed by atoms with Crippen LogP contribution in [0.5, 0.6) is 0 Å². The molecule has 2 rings (SSSR count). The quantitative estimate of drug-likeness (QED) is 0.616. The van der Waals surface area contributed by atoms with E-state index in [1.807, 2.05) is 24.3 Å². The highest BCUT2D eigenvalue weighted by molar-refractivity contribution is 5.86. The van der Waals surface area contributed by atoms with Crippen LogP contribution >= 0.6 is 0 Å². The summed E-state index contributed by atoms with van der Waals surface area (Å²) in [6.07, 6.45) is 0.536. The summed E-state index contributed by atoms with van der Waals surface area (Å²) < 4.78 is 0. The van der Waals surface area contributed by atoms with Crippen molar-refractivity contribution in [2.75, 3.05) is 23.8 Å². The minimum Gasteiger partial charge on any atom is -0.399 e. The lowest BCUT2D eigenvalue weighted by atomic mass is 9.97. The third-order valence-corrected chi connectivity index (χ3v) is 2.94. The summed E-state index contributed by atoms with van der Waals surface area (Å²) in [5, 5.41) is 9.00. The summed E-state index contributed by atoms with van der Waals surface area (Å²) in [4.78, 5) is 0. The number of hydrogen-bond acceptors (Lipinski definition) is 4. The SMILES string of the molecule is Nc1ccc(-c2cccc(CCO)c2N)c(N)c1. The molecule has 0 heterocycles. The summed E-state index contributed by atoms with van der Waals surface area (Å²) >= 11 is 0. The van der Waals surface area contributed by atoms with Gasteiger partial charge in [0, 0.05) is 34.8 Å². The molecule has 4 nitrogen and oxygen atoms in total. The van der Waals surface area contributed by atoms with Gasteiger partial charge in [-0.25, -0.2) is 0 Å². The van der Waals surface area contributed by atoms with Crippen molar-refractivity contribution in [3.05, 3.63) is 42.0 Å². The number of para-hydroxylation sites is 1. The fraction of sp³-hybridized carbons (Fsp3) is 0.143. The van der Waals surface area contributed by atoms with Gasteiger partial charge in [-0.1, -0.05) is 24.3 Å². The zero-order chi connectivity index (χ0) is 13.1. The Kier molecular flexibility index (Phi) is 3.39. The molecule has 2 aromatic carbocycles. The molecule has 0 aromatic heterocycles. The lowest BCUT2D eigenvalue weighted by Crippen LogP contribution is -2.01. The monoisotopic (exact) mass is 243 g/mol. The maximum atomic E-state index is 9.00. The van der Waals surface area contributed by atoms with Gasteiger partial charge in [0.25, 0.3) is 0 Å². The Morgan fingerprint density at radius 1 is 0.944 bits per heavy atom. The Hall–Kier alpha value is -2.20. The lowest BCUT2D eigenvalue weighted by Gasteiger charge is -2.12. The van der Waals surface area contributed by atoms with Crippen molar-refractivity contribution >= 4 is 17.1 Å². The van der Waals surface area contributed by atoms with Crippen molar-refractivity contribution < 1.29 is 5.11 Å². The zero-order valence-corrected chi connectivity index (χ0v) is 10.1. The fourth-order valence-corrected chi connectivity index (χ4v) is 2.01. The summed E-state index contributed by atoms with van der Waals surface area (Å²) in [7, 11) is 0. The number of benzene rings is 2. The molecular formula is C14H17N3O. The number of anilines is 3. The average molecular weight is 243 g/mol. The van der Waals surface area contributed by atoms with Crippen LogP contribution in [-0.2, 0) is 6.42 Å². The molecule has 0 saturated carbocycles. The van der Waals surface area contributed by atoms with Gasteiger partial charge in [-0.05, 0) is 24.1 Å². The number of nitrogens with two attached hydrogens (primary N) is 3. The van der Waals surface area contributed by atoms with E-state index in [9.17, 15) is 0 Å². The minimum atomic E-state index is 0.0743. The molecule has 18 heavy (non-hydrogen) atoms. The van der Waals surface area contributed by atoms with Crippen molar-refractivity contribution in [2.45, 2.75) is 6.42 Å². The summed E-state index contributed by atoms with van der Waals surface area (Å²) in [5.41, 5.74) is 22.3. The number of rotatable bonds is 3. The van der Waals surface area contributed by atoms with E-state index in [1.165, 1.54) is 0 Å². The smallest absolute Gasteiger partial charge is 0.0472 e. The maximum Gasteiger partial charge on any atom is 0.0472 e. The van der Waals surface area contributed by atoms with Gasteiger partial charge >= 0.3 is 0 Å². The molecule has 0 spiro atoms. The highest BCUT2D eigenvalue weighted by Gasteiger charge is 2.09. The van der Waals surface area contributed by atoms with E-state index < -0.39 is 0 Å². The van der Waals surface area contributed by atoms with Gasteiger partial charge in [0.05, 0.1) is 0 Å². The second-order valence-electron chi connectivity index (χ2n) is 4.20. The first-order valence-electron chi connectivity index (χ1n) is 5.77. The standard InChI is InChI=1S/C14H17N3O/c15-10-4-5-11(13(16)8-10)12-3-1-2-9(6-7-18)14(12)17/h1-5,8,18H,6-7,15-17H2. The van der Waals surface area contributed by atoms with E-state index in [1.54, 1.807) is 12.1 Å². The maximum absolute atomic E-state index is 9.00. The molecule has 0 fully saturated rings. The van der Waals surface area contributed by atoms with E-state index in [2.05, 4.69) is 0 Å². The van der Waals surface area contributed by atoms with Gasteiger partial charge < -0.3 is 22.3 Å². The van der Waals surface area contributed by atoms with Crippen molar-refractivity contribution in [3.8, 4) is 11.1 Å². The highest BCUT2D eigenvalue weighted by Crippen LogP contribution is 2.33. The van der Waals surface area contributed by atoms with E-state index in [4.69, 9.17) is 22.3 Å². The predicted octanol–water partition coefficient (Wildman–Crippen LogP) is 1.64. The number of aliphatic hydroxyl groups excluding tert-OH is 1. The molecule has 0 bridgehead atoms. The van der Waals surface area contributed by atoms with Gasteiger partial charge in [-0.3, -0.25) is 0 Å². The topological polar surface area (TPSA) is 98.3 Å². The first kappa shape index (κ1) is 12.3. The van der Waals surface area contributed by atoms with Crippen LogP contribution in [0.2, 0.25) is 0 Å². The van der Waals surface area contributed by atoms with Crippen molar-refractivity contribution in [3.63, 3.8) is 0 Å². The molecule has 0 radical (unpaired) electrons. The molecule has 94 valence electrons. The van der Waals surface area contributed by atoms with Gasteiger partial charge in [0.1, 0.15) is 0 Å². The number of aliphatic hydroxyl groups is 1. The zero-order valence-electron chi connectivity index (χ0n) is 10.1. The van der Waals surface area contributed by atoms with Gasteiger partial charge in [-0.2, -0.15) is 0 Å². The largest absolute Gasteiger partial charge is 0.399 e. The Labute approximate surface area is 106 Å². The Morgan fingerprint density at radius 3 is 2.39 bits per heavy atom. The Balaban J connectivity index is 2.53. The normalized spacial score (nSPS) is 10.5. The van der Waals surface area contributed by atoms with Gasteiger partial charge in [-0.15, -0.1) is 0 Å². The summed E-state index contributed by atoms with van der Waals surface area (Å²) in [5.74, 6) is 0. The van der Waals surface area contributed by atoms with Crippen LogP contribution in [0.3, 0.4) is 0 Å². The average Bonchev–Trinajstić information content (AvgIpc) is 2.33. The summed E-state index contributed by atoms with van der Waals surface area (Å²) in [6.45, 7) is 0.0743. The molecule has 4 heteroatoms. The van der Waals surface area contributed by atoms with Crippen LogP contribution in [0.4, 0.5) is 17.1 Å². The Morgan fingerprint density at radius 2 is 1.72 bits per heavy atom. The second kappa shape index (κ2) is 4.98. The molecule has 7 N–H and O–H groups in total. The Bertz CT molecular complexity index is 567. The van der Waals surface area contributed by atoms with Crippen molar-refractivity contribution in [1.29, 1.82) is 0 Å². The van der Waals surface area contributed by atoms with E-state index >= 15 is 0 Å². The molecule has 0 atom stereocenters. The lowest BCUT2D eigenvalue weighted by molar-refractivity contribution is 0.300. The van der Waals surface area contributed by atoms with Crippen LogP contribution in [0.1, 0.15) is 5.56 Å². The third kappa shape index (κ3) is 2.24. The van der Waals surface area contributed by atoms with E-state index in [0.29, 0.717) is 23.5 Å². The van der Waals surface area contributed by atoms with Crippen molar-refractivity contribution in [1.82, 2.24) is 0 Å². The molecule has 0 aliphatic heterocycles. The van der Waals surface area contributed by atoms with Crippen LogP contribution in [0.25, 0.3) is 11.1 Å². The van der Waals surface area contributed by atoms with Gasteiger partial charge in [0.2, 0.25) is 0 Å². The van der Waals surface area contributed by atoms with E-state index in [-0.39, 0.29) is 6.61 Å². The van der Waals surface area contributed by atoms with Crippen molar-refractivity contribution in [2.24, 2.45) is 0 Å². The molecule has 0 saturated heterocycles. The van der Waals surface area contributed by atoms with Crippen LogP contribution < -0.4 is 17.2 Å². The summed E-state index contributed by atoms with van der Waals surface area (Å²) in [6, 6.07) is 11.1. The number of hydrogen-bond donors (Lipinski definition) is 4.